The Kier molecular flexibility index (Phi) is 25.7. The molecule has 0 atom stereocenters. The van der Waals surface area contributed by atoms with Crippen LogP contribution in [-0.2, 0) is 22.4 Å². The van der Waals surface area contributed by atoms with Crippen LogP contribution in [0.3, 0.4) is 0 Å². The molecule has 0 aliphatic rings. The molecular formula is C64H69Cl3N12O5. The lowest BCUT2D eigenvalue weighted by atomic mass is 10.0. The first-order valence-corrected chi connectivity index (χ1v) is 28.0. The number of hydrogen-bond donors (Lipinski definition) is 5. The number of fused-ring (bicyclic) bond motifs is 2. The maximum absolute atomic E-state index is 12.8. The Morgan fingerprint density at radius 3 is 1.68 bits per heavy atom. The average Bonchev–Trinajstić information content (AvgIpc) is 3.25. The molecule has 0 saturated heterocycles. The van der Waals surface area contributed by atoms with Gasteiger partial charge in [0, 0.05) is 100 Å². The van der Waals surface area contributed by atoms with Crippen LogP contribution in [0.25, 0.3) is 21.8 Å². The van der Waals surface area contributed by atoms with Gasteiger partial charge >= 0.3 is 0 Å². The van der Waals surface area contributed by atoms with Crippen LogP contribution in [0.15, 0.2) is 116 Å². The molecule has 0 spiro atoms. The van der Waals surface area contributed by atoms with E-state index >= 15 is 0 Å². The molecule has 436 valence electrons. The molecule has 8 aromatic rings. The van der Waals surface area contributed by atoms with Gasteiger partial charge in [-0.1, -0.05) is 59.1 Å². The largest absolute Gasteiger partial charge is 0.399 e. The molecule has 84 heavy (non-hydrogen) atoms. The zero-order valence-electron chi connectivity index (χ0n) is 48.6. The predicted molar refractivity (Wildman–Crippen MR) is 337 cm³/mol. The molecule has 0 aliphatic heterocycles. The standard InChI is InChI=1S/C31H31ClN6O2.C17H19ClN4O.C13H11ClN2O.C3H8O/c1-19-7-5-11-34-30(19)28(39)14-21-9-10-23(15-25(21)32)36-31-22(17-33)18-35-27-13-20(2)26(16-24(27)31)37-29(40)8-6-12-38(3)4;1-11-7-15-13(17(18)12(9-19)10-20-15)8-14(11)21-16(23)5-4-6-22(2)3;14-11-8-10(15)5-4-9(11)7-13(17)12-3-1-2-6-16-12;1-3(2)4/h5,7,9-11,13,15-16,18H,6,8,12,14H2,1-4H3,(H,35,36)(H,37,40);7-8,10H,4-6H2,1-3H3,(H,21,23);1-6,8H,7,15H2;3-4H,1-2H3. The van der Waals surface area contributed by atoms with E-state index in [1.165, 1.54) is 12.4 Å². The van der Waals surface area contributed by atoms with E-state index in [2.05, 4.69) is 42.0 Å². The van der Waals surface area contributed by atoms with Gasteiger partial charge < -0.3 is 36.6 Å². The number of nitrogens with zero attached hydrogens (tertiary/aromatic N) is 8. The minimum Gasteiger partial charge on any atom is -0.399 e. The molecule has 4 aromatic carbocycles. The quantitative estimate of drug-likeness (QED) is 0.0395. The van der Waals surface area contributed by atoms with Crippen molar-refractivity contribution < 1.29 is 24.3 Å². The molecule has 0 bridgehead atoms. The number of benzene rings is 4. The first kappa shape index (κ1) is 66.4. The van der Waals surface area contributed by atoms with Crippen molar-refractivity contribution >= 4 is 108 Å². The summed E-state index contributed by atoms with van der Waals surface area (Å²) in [5, 5.41) is 38.8. The number of ketones is 2. The van der Waals surface area contributed by atoms with Gasteiger partial charge in [-0.3, -0.25) is 39.1 Å². The Labute approximate surface area is 505 Å². The summed E-state index contributed by atoms with van der Waals surface area (Å²) in [7, 11) is 7.91. The van der Waals surface area contributed by atoms with Crippen molar-refractivity contribution in [1.82, 2.24) is 29.7 Å². The molecule has 0 radical (unpaired) electrons. The Bertz CT molecular complexity index is 3710. The number of anilines is 5. The second-order valence-corrected chi connectivity index (χ2v) is 21.7. The third kappa shape index (κ3) is 20.2. The minimum atomic E-state index is -0.167. The highest BCUT2D eigenvalue weighted by molar-refractivity contribution is 6.36. The fourth-order valence-electron chi connectivity index (χ4n) is 8.20. The van der Waals surface area contributed by atoms with Crippen molar-refractivity contribution in [2.24, 2.45) is 0 Å². The van der Waals surface area contributed by atoms with E-state index < -0.39 is 0 Å². The van der Waals surface area contributed by atoms with Crippen LogP contribution in [0.4, 0.5) is 28.4 Å². The number of carbonyl (C=O) groups excluding carboxylic acids is 4. The number of Topliss-reactive ketones (excluding diaryl/α,β-unsaturated/α-hetero) is 2. The summed E-state index contributed by atoms with van der Waals surface area (Å²) < 4.78 is 0. The van der Waals surface area contributed by atoms with E-state index in [0.717, 1.165) is 48.2 Å². The Morgan fingerprint density at radius 1 is 0.631 bits per heavy atom. The molecule has 0 fully saturated rings. The molecule has 0 aliphatic carbocycles. The minimum absolute atomic E-state index is 0.0326. The summed E-state index contributed by atoms with van der Waals surface area (Å²) in [5.74, 6) is -0.271. The Morgan fingerprint density at radius 2 is 1.15 bits per heavy atom. The van der Waals surface area contributed by atoms with Gasteiger partial charge in [-0.2, -0.15) is 10.5 Å². The normalized spacial score (nSPS) is 10.6. The van der Waals surface area contributed by atoms with Crippen molar-refractivity contribution in [3.63, 3.8) is 0 Å². The maximum Gasteiger partial charge on any atom is 0.224 e. The lowest BCUT2D eigenvalue weighted by Gasteiger charge is -2.16. The van der Waals surface area contributed by atoms with Crippen LogP contribution in [-0.4, -0.2) is 106 Å². The number of nitrogens with two attached hydrogens (primary N) is 1. The second-order valence-electron chi connectivity index (χ2n) is 20.5. The smallest absolute Gasteiger partial charge is 0.224 e. The van der Waals surface area contributed by atoms with Crippen LogP contribution in [0.2, 0.25) is 15.1 Å². The van der Waals surface area contributed by atoms with Crippen molar-refractivity contribution in [2.45, 2.75) is 79.2 Å². The van der Waals surface area contributed by atoms with E-state index in [0.29, 0.717) is 106 Å². The van der Waals surface area contributed by atoms with Crippen molar-refractivity contribution in [3.8, 4) is 12.1 Å². The second kappa shape index (κ2) is 32.5. The van der Waals surface area contributed by atoms with Gasteiger partial charge in [0.05, 0.1) is 32.9 Å². The number of nitriles is 2. The zero-order chi connectivity index (χ0) is 61.6. The molecule has 0 unspecified atom stereocenters. The lowest BCUT2D eigenvalue weighted by molar-refractivity contribution is -0.117. The van der Waals surface area contributed by atoms with E-state index in [1.54, 1.807) is 86.9 Å². The molecule has 0 saturated carbocycles. The molecular weight excluding hydrogens is 1120 g/mol. The fraction of sp³-hybridized carbons (Fsp3) is 0.281. The fourth-order valence-corrected chi connectivity index (χ4v) is 8.95. The van der Waals surface area contributed by atoms with Crippen molar-refractivity contribution in [2.75, 3.05) is 63.0 Å². The highest BCUT2D eigenvalue weighted by atomic mass is 35.5. The molecule has 4 heterocycles. The summed E-state index contributed by atoms with van der Waals surface area (Å²) in [6.07, 6.45) is 8.78. The highest BCUT2D eigenvalue weighted by Crippen LogP contribution is 2.35. The predicted octanol–water partition coefficient (Wildman–Crippen LogP) is 12.7. The molecule has 8 rings (SSSR count). The van der Waals surface area contributed by atoms with E-state index in [-0.39, 0.29) is 42.3 Å². The van der Waals surface area contributed by atoms with Crippen LogP contribution in [0, 0.1) is 43.4 Å². The number of aliphatic hydroxyl groups is 1. The summed E-state index contributed by atoms with van der Waals surface area (Å²) >= 11 is 18.8. The van der Waals surface area contributed by atoms with Crippen LogP contribution in [0.1, 0.15) is 99.5 Å². The van der Waals surface area contributed by atoms with Crippen molar-refractivity contribution in [1.29, 1.82) is 10.5 Å². The summed E-state index contributed by atoms with van der Waals surface area (Å²) in [6.45, 7) is 10.8. The van der Waals surface area contributed by atoms with Gasteiger partial charge in [0.2, 0.25) is 11.8 Å². The molecule has 17 nitrogen and oxygen atoms in total. The number of carbonyl (C=O) groups is 4. The number of hydrogen-bond acceptors (Lipinski definition) is 15. The van der Waals surface area contributed by atoms with E-state index in [9.17, 15) is 24.4 Å². The van der Waals surface area contributed by atoms with Crippen LogP contribution < -0.4 is 21.7 Å². The molecule has 20 heteroatoms. The zero-order valence-corrected chi connectivity index (χ0v) is 50.8. The number of nitrogen functional groups attached to an aromatic ring is 1. The van der Waals surface area contributed by atoms with Gasteiger partial charge in [0.25, 0.3) is 0 Å². The summed E-state index contributed by atoms with van der Waals surface area (Å²) in [5.41, 5.74) is 15.7. The molecule has 6 N–H and O–H groups in total. The first-order chi connectivity index (χ1) is 40.0. The summed E-state index contributed by atoms with van der Waals surface area (Å²) in [6, 6.07) is 30.9. The number of pyridine rings is 4. The number of aryl methyl sites for hydroxylation is 3. The number of amides is 2. The van der Waals surface area contributed by atoms with Gasteiger partial charge in [-0.15, -0.1) is 0 Å². The van der Waals surface area contributed by atoms with Crippen molar-refractivity contribution in [3.05, 3.63) is 181 Å². The number of aromatic nitrogens is 4. The van der Waals surface area contributed by atoms with Crippen LogP contribution >= 0.6 is 34.8 Å². The molecule has 4 aromatic heterocycles. The van der Waals surface area contributed by atoms with E-state index in [4.69, 9.17) is 50.9 Å². The third-order valence-electron chi connectivity index (χ3n) is 12.5. The monoisotopic (exact) mass is 1190 g/mol. The first-order valence-electron chi connectivity index (χ1n) is 26.9. The Balaban J connectivity index is 0.000000246. The lowest BCUT2D eigenvalue weighted by Crippen LogP contribution is -2.17. The number of aliphatic hydroxyl groups excluding tert-OH is 1. The number of rotatable bonds is 18. The number of nitrogens with one attached hydrogen (secondary N) is 3. The Hall–Kier alpha value is -8.39. The third-order valence-corrected chi connectivity index (χ3v) is 13.6. The molecule has 2 amide bonds. The van der Waals surface area contributed by atoms with Gasteiger partial charge in [0.1, 0.15) is 23.5 Å². The van der Waals surface area contributed by atoms with Crippen LogP contribution in [0.5, 0.6) is 0 Å². The summed E-state index contributed by atoms with van der Waals surface area (Å²) in [4.78, 5) is 70.3. The number of halogens is 3. The van der Waals surface area contributed by atoms with Gasteiger partial charge in [-0.25, -0.2) is 0 Å². The van der Waals surface area contributed by atoms with Gasteiger partial charge in [-0.05, 0) is 183 Å². The van der Waals surface area contributed by atoms with Gasteiger partial charge in [0.15, 0.2) is 11.6 Å². The highest BCUT2D eigenvalue weighted by Gasteiger charge is 2.18. The average molecular weight is 1190 g/mol. The topological polar surface area (TPSA) is 256 Å². The van der Waals surface area contributed by atoms with E-state index in [1.807, 2.05) is 95.2 Å². The SMILES string of the molecule is CC(C)O.Cc1cc2ncc(C#N)c(Cl)c2cc1NC(=O)CCCN(C)C.Cc1cc2ncc(C#N)c(Nc3ccc(CC(=O)c4ncccc4C)c(Cl)c3)c2cc1NC(=O)CCCN(C)C.Nc1ccc(CC(=O)c2ccccn2)c(Cl)c1. The maximum atomic E-state index is 12.8.